The van der Waals surface area contributed by atoms with Crippen LogP contribution in [0.4, 0.5) is 26.3 Å². The molecule has 0 aliphatic heterocycles. The maximum absolute atomic E-state index is 12.1. The van der Waals surface area contributed by atoms with Crippen molar-refractivity contribution >= 4 is 0 Å². The lowest BCUT2D eigenvalue weighted by Crippen LogP contribution is -2.04. The average molecular weight is 378 g/mol. The van der Waals surface area contributed by atoms with Gasteiger partial charge in [-0.05, 0) is 48.2 Å². The van der Waals surface area contributed by atoms with E-state index in [1.165, 1.54) is 31.2 Å². The second-order valence-corrected chi connectivity index (χ2v) is 6.07. The normalized spacial score (nSPS) is 13.2. The van der Waals surface area contributed by atoms with Crippen molar-refractivity contribution in [1.29, 1.82) is 0 Å². The third-order valence-corrected chi connectivity index (χ3v) is 3.63. The van der Waals surface area contributed by atoms with E-state index in [9.17, 15) is 26.3 Å². The number of alkyl halides is 6. The summed E-state index contributed by atoms with van der Waals surface area (Å²) in [7, 11) is 0. The Bertz CT molecular complexity index is 606. The lowest BCUT2D eigenvalue weighted by molar-refractivity contribution is -0.138. The largest absolute Gasteiger partial charge is 0.416 e. The third kappa shape index (κ3) is 6.71. The van der Waals surface area contributed by atoms with Gasteiger partial charge in [0.2, 0.25) is 0 Å². The van der Waals surface area contributed by atoms with Crippen molar-refractivity contribution < 1.29 is 31.4 Å². The van der Waals surface area contributed by atoms with Gasteiger partial charge in [0.25, 0.3) is 0 Å². The molecule has 0 saturated carbocycles. The number of benzene rings is 2. The fourth-order valence-corrected chi connectivity index (χ4v) is 2.01. The minimum atomic E-state index is -4.31. The molecule has 2 aromatic carbocycles. The van der Waals surface area contributed by atoms with Crippen molar-refractivity contribution in [3.63, 3.8) is 0 Å². The summed E-state index contributed by atoms with van der Waals surface area (Å²) in [5.41, 5.74) is 0.120. The molecule has 0 heterocycles. The van der Waals surface area contributed by atoms with E-state index in [-0.39, 0.29) is 5.92 Å². The van der Waals surface area contributed by atoms with Crippen LogP contribution in [0.15, 0.2) is 48.5 Å². The Morgan fingerprint density at radius 3 is 1.15 bits per heavy atom. The quantitative estimate of drug-likeness (QED) is 0.585. The number of aliphatic hydroxyl groups is 1. The summed E-state index contributed by atoms with van der Waals surface area (Å²) < 4.78 is 72.5. The van der Waals surface area contributed by atoms with Gasteiger partial charge in [-0.15, -0.1) is 0 Å². The van der Waals surface area contributed by atoms with E-state index in [0.29, 0.717) is 5.56 Å². The first-order valence-corrected chi connectivity index (χ1v) is 7.84. The van der Waals surface area contributed by atoms with Crippen LogP contribution in [0.5, 0.6) is 0 Å². The molecule has 2 aromatic rings. The highest BCUT2D eigenvalue weighted by atomic mass is 19.4. The third-order valence-electron chi connectivity index (χ3n) is 3.63. The molecule has 7 heteroatoms. The molecule has 0 radical (unpaired) electrons. The van der Waals surface area contributed by atoms with Crippen molar-refractivity contribution in [3.8, 4) is 0 Å². The number of hydrogen-bond acceptors (Lipinski definition) is 1. The Labute approximate surface area is 148 Å². The molecule has 0 aliphatic rings. The molecule has 0 aliphatic carbocycles. The van der Waals surface area contributed by atoms with Crippen LogP contribution < -0.4 is 0 Å². The molecule has 0 aromatic heterocycles. The lowest BCUT2D eigenvalue weighted by atomic mass is 10.0. The summed E-state index contributed by atoms with van der Waals surface area (Å²) in [6.45, 7) is 5.40. The Morgan fingerprint density at radius 2 is 0.923 bits per heavy atom. The summed E-state index contributed by atoms with van der Waals surface area (Å²) in [6, 6.07) is 9.75. The first kappa shape index (κ1) is 22.0. The maximum atomic E-state index is 12.1. The Kier molecular flexibility index (Phi) is 7.26. The molecule has 1 atom stereocenters. The number of halogens is 6. The van der Waals surface area contributed by atoms with Crippen LogP contribution in [-0.2, 0) is 12.4 Å². The van der Waals surface area contributed by atoms with Crippen molar-refractivity contribution in [2.75, 3.05) is 0 Å². The SMILES string of the molecule is CC(C)c1ccc(C(F)(F)F)cc1.C[C@H](O)c1ccc(C(F)(F)F)cc1. The molecule has 0 fully saturated rings. The highest BCUT2D eigenvalue weighted by Gasteiger charge is 2.30. The van der Waals surface area contributed by atoms with E-state index >= 15 is 0 Å². The van der Waals surface area contributed by atoms with E-state index in [1.807, 2.05) is 13.8 Å². The lowest BCUT2D eigenvalue weighted by Gasteiger charge is -2.09. The zero-order chi connectivity index (χ0) is 20.1. The predicted molar refractivity (Wildman–Crippen MR) is 87.6 cm³/mol. The molecule has 0 spiro atoms. The average Bonchev–Trinajstić information content (AvgIpc) is 2.54. The summed E-state index contributed by atoms with van der Waals surface area (Å²) >= 11 is 0. The van der Waals surface area contributed by atoms with E-state index in [2.05, 4.69) is 0 Å². The molecular formula is C19H20F6O. The fraction of sp³-hybridized carbons (Fsp3) is 0.368. The number of rotatable bonds is 2. The van der Waals surface area contributed by atoms with Crippen LogP contribution in [0, 0.1) is 0 Å². The molecule has 0 saturated heterocycles. The number of hydrogen-bond donors (Lipinski definition) is 1. The standard InChI is InChI=1S/C10H11F3.C9H9F3O/c1-7(2)8-3-5-9(6-4-8)10(11,12)13;1-6(13)7-2-4-8(5-3-7)9(10,11)12/h3-7H,1-2H3;2-6,13H,1H3/t;6-/m.0/s1. The van der Waals surface area contributed by atoms with Crippen LogP contribution in [0.25, 0.3) is 0 Å². The number of aliphatic hydroxyl groups excluding tert-OH is 1. The van der Waals surface area contributed by atoms with Gasteiger partial charge in [-0.3, -0.25) is 0 Å². The summed E-state index contributed by atoms with van der Waals surface area (Å²) in [5.74, 6) is 0.266. The van der Waals surface area contributed by atoms with Gasteiger partial charge in [-0.25, -0.2) is 0 Å². The molecular weight excluding hydrogens is 358 g/mol. The van der Waals surface area contributed by atoms with Gasteiger partial charge in [0, 0.05) is 0 Å². The molecule has 144 valence electrons. The monoisotopic (exact) mass is 378 g/mol. The van der Waals surface area contributed by atoms with Gasteiger partial charge in [-0.2, -0.15) is 26.3 Å². The van der Waals surface area contributed by atoms with Crippen LogP contribution in [0.2, 0.25) is 0 Å². The van der Waals surface area contributed by atoms with Gasteiger partial charge in [0.05, 0.1) is 17.2 Å². The molecule has 1 nitrogen and oxygen atoms in total. The molecule has 0 unspecified atom stereocenters. The zero-order valence-corrected chi connectivity index (χ0v) is 14.5. The van der Waals surface area contributed by atoms with Gasteiger partial charge in [0.15, 0.2) is 0 Å². The first-order valence-electron chi connectivity index (χ1n) is 7.84. The zero-order valence-electron chi connectivity index (χ0n) is 14.5. The summed E-state index contributed by atoms with van der Waals surface area (Å²) in [5, 5.41) is 9.04. The summed E-state index contributed by atoms with van der Waals surface area (Å²) in [6.07, 6.45) is -9.27. The first-order chi connectivity index (χ1) is 11.8. The van der Waals surface area contributed by atoms with Crippen molar-refractivity contribution in [1.82, 2.24) is 0 Å². The molecule has 26 heavy (non-hydrogen) atoms. The van der Waals surface area contributed by atoms with Crippen LogP contribution >= 0.6 is 0 Å². The highest BCUT2D eigenvalue weighted by Crippen LogP contribution is 2.30. The van der Waals surface area contributed by atoms with E-state index < -0.39 is 29.6 Å². The van der Waals surface area contributed by atoms with Gasteiger partial charge < -0.3 is 5.11 Å². The second-order valence-electron chi connectivity index (χ2n) is 6.07. The molecule has 1 N–H and O–H groups in total. The van der Waals surface area contributed by atoms with E-state index in [0.717, 1.165) is 29.8 Å². The maximum Gasteiger partial charge on any atom is 0.416 e. The van der Waals surface area contributed by atoms with Crippen LogP contribution in [0.3, 0.4) is 0 Å². The summed E-state index contributed by atoms with van der Waals surface area (Å²) in [4.78, 5) is 0. The molecule has 0 bridgehead atoms. The van der Waals surface area contributed by atoms with Gasteiger partial charge in [0.1, 0.15) is 0 Å². The topological polar surface area (TPSA) is 20.2 Å². The highest BCUT2D eigenvalue weighted by molar-refractivity contribution is 5.26. The fourth-order valence-electron chi connectivity index (χ4n) is 2.01. The smallest absolute Gasteiger partial charge is 0.389 e. The van der Waals surface area contributed by atoms with Crippen LogP contribution in [-0.4, -0.2) is 5.11 Å². The molecule has 2 rings (SSSR count). The van der Waals surface area contributed by atoms with Crippen LogP contribution in [0.1, 0.15) is 55.0 Å². The Hall–Kier alpha value is -2.02. The molecule has 0 amide bonds. The van der Waals surface area contributed by atoms with Crippen molar-refractivity contribution in [3.05, 3.63) is 70.8 Å². The van der Waals surface area contributed by atoms with Crippen molar-refractivity contribution in [2.45, 2.75) is 45.1 Å². The minimum Gasteiger partial charge on any atom is -0.389 e. The van der Waals surface area contributed by atoms with Crippen molar-refractivity contribution in [2.24, 2.45) is 0 Å². The van der Waals surface area contributed by atoms with Gasteiger partial charge >= 0.3 is 12.4 Å². The Balaban J connectivity index is 0.000000260. The second kappa shape index (κ2) is 8.58. The van der Waals surface area contributed by atoms with E-state index in [1.54, 1.807) is 0 Å². The Morgan fingerprint density at radius 1 is 0.615 bits per heavy atom. The van der Waals surface area contributed by atoms with E-state index in [4.69, 9.17) is 5.11 Å². The minimum absolute atomic E-state index is 0.266. The van der Waals surface area contributed by atoms with Gasteiger partial charge in [-0.1, -0.05) is 38.1 Å². The predicted octanol–water partition coefficient (Wildman–Crippen LogP) is 6.59.